The standard InChI is InChI=1S/C12H11NO4S/c1-7-2-4-8(5-3-7)17-6-9-13-11(14)10(18-9)12(15)16/h2-5,14H,6H2,1H3,(H,15,16). The van der Waals surface area contributed by atoms with Crippen molar-refractivity contribution in [2.24, 2.45) is 0 Å². The molecule has 0 atom stereocenters. The van der Waals surface area contributed by atoms with Crippen LogP contribution in [-0.2, 0) is 6.61 Å². The quantitative estimate of drug-likeness (QED) is 0.887. The molecule has 0 amide bonds. The molecule has 5 nitrogen and oxygen atoms in total. The second-order valence-electron chi connectivity index (χ2n) is 3.67. The van der Waals surface area contributed by atoms with Gasteiger partial charge in [0.25, 0.3) is 0 Å². The number of aromatic hydroxyl groups is 1. The Morgan fingerprint density at radius 1 is 1.39 bits per heavy atom. The van der Waals surface area contributed by atoms with Gasteiger partial charge in [-0.25, -0.2) is 9.78 Å². The maximum atomic E-state index is 10.7. The average Bonchev–Trinajstić information content (AvgIpc) is 2.70. The van der Waals surface area contributed by atoms with Crippen molar-refractivity contribution in [2.75, 3.05) is 0 Å². The molecule has 1 aromatic heterocycles. The van der Waals surface area contributed by atoms with E-state index < -0.39 is 11.8 Å². The van der Waals surface area contributed by atoms with Crippen molar-refractivity contribution in [3.8, 4) is 11.6 Å². The Balaban J connectivity index is 2.04. The Morgan fingerprint density at radius 3 is 2.61 bits per heavy atom. The summed E-state index contributed by atoms with van der Waals surface area (Å²) < 4.78 is 5.44. The molecule has 2 rings (SSSR count). The molecule has 6 heteroatoms. The van der Waals surface area contributed by atoms with Gasteiger partial charge in [-0.05, 0) is 19.1 Å². The second-order valence-corrected chi connectivity index (χ2v) is 4.75. The molecule has 18 heavy (non-hydrogen) atoms. The summed E-state index contributed by atoms with van der Waals surface area (Å²) in [4.78, 5) is 14.3. The van der Waals surface area contributed by atoms with E-state index in [1.165, 1.54) is 0 Å². The van der Waals surface area contributed by atoms with E-state index in [1.54, 1.807) is 0 Å². The van der Waals surface area contributed by atoms with Crippen LogP contribution in [-0.4, -0.2) is 21.2 Å². The minimum Gasteiger partial charge on any atom is -0.492 e. The SMILES string of the molecule is Cc1ccc(OCc2nc(O)c(C(=O)O)s2)cc1. The fraction of sp³-hybridized carbons (Fsp3) is 0.167. The van der Waals surface area contributed by atoms with Crippen LogP contribution in [0.4, 0.5) is 0 Å². The zero-order chi connectivity index (χ0) is 13.1. The summed E-state index contributed by atoms with van der Waals surface area (Å²) in [5.41, 5.74) is 1.13. The van der Waals surface area contributed by atoms with Gasteiger partial charge in [0.15, 0.2) is 4.88 Å². The van der Waals surface area contributed by atoms with E-state index in [-0.39, 0.29) is 11.5 Å². The number of aryl methyl sites for hydroxylation is 1. The average molecular weight is 265 g/mol. The van der Waals surface area contributed by atoms with Gasteiger partial charge in [0.2, 0.25) is 5.88 Å². The van der Waals surface area contributed by atoms with Crippen LogP contribution in [0.25, 0.3) is 0 Å². The molecule has 0 radical (unpaired) electrons. The lowest BCUT2D eigenvalue weighted by Gasteiger charge is -2.03. The largest absolute Gasteiger partial charge is 0.492 e. The molecule has 0 aliphatic carbocycles. The van der Waals surface area contributed by atoms with Crippen LogP contribution >= 0.6 is 11.3 Å². The van der Waals surface area contributed by atoms with Crippen molar-refractivity contribution < 1.29 is 19.7 Å². The molecule has 2 aromatic rings. The third-order valence-electron chi connectivity index (χ3n) is 2.23. The summed E-state index contributed by atoms with van der Waals surface area (Å²) in [5.74, 6) is -0.978. The minimum atomic E-state index is -1.19. The molecule has 2 N–H and O–H groups in total. The van der Waals surface area contributed by atoms with E-state index >= 15 is 0 Å². The summed E-state index contributed by atoms with van der Waals surface area (Å²) in [7, 11) is 0. The van der Waals surface area contributed by atoms with E-state index in [1.807, 2.05) is 31.2 Å². The Kier molecular flexibility index (Phi) is 3.47. The van der Waals surface area contributed by atoms with Gasteiger partial charge in [0.1, 0.15) is 17.4 Å². The van der Waals surface area contributed by atoms with Crippen LogP contribution in [0, 0.1) is 6.92 Å². The number of aromatic nitrogens is 1. The molecule has 0 aliphatic heterocycles. The first kappa shape index (κ1) is 12.4. The fourth-order valence-electron chi connectivity index (χ4n) is 1.34. The van der Waals surface area contributed by atoms with E-state index in [4.69, 9.17) is 9.84 Å². The van der Waals surface area contributed by atoms with Crippen LogP contribution < -0.4 is 4.74 Å². The molecular formula is C12H11NO4S. The van der Waals surface area contributed by atoms with Gasteiger partial charge in [-0.3, -0.25) is 0 Å². The Labute approximate surface area is 107 Å². The van der Waals surface area contributed by atoms with Crippen LogP contribution in [0.3, 0.4) is 0 Å². The molecule has 0 spiro atoms. The molecule has 0 saturated carbocycles. The monoisotopic (exact) mass is 265 g/mol. The third-order valence-corrected chi connectivity index (χ3v) is 3.24. The molecular weight excluding hydrogens is 254 g/mol. The zero-order valence-electron chi connectivity index (χ0n) is 9.58. The molecule has 0 bridgehead atoms. The Bertz CT molecular complexity index is 562. The predicted octanol–water partition coefficient (Wildman–Crippen LogP) is 2.43. The highest BCUT2D eigenvalue weighted by Gasteiger charge is 2.16. The molecule has 0 saturated heterocycles. The van der Waals surface area contributed by atoms with Crippen molar-refractivity contribution >= 4 is 17.3 Å². The number of ether oxygens (including phenoxy) is 1. The smallest absolute Gasteiger partial charge is 0.351 e. The maximum absolute atomic E-state index is 10.7. The summed E-state index contributed by atoms with van der Waals surface area (Å²) in [6.45, 7) is 2.11. The fourth-order valence-corrected chi connectivity index (χ4v) is 2.05. The molecule has 0 aliphatic rings. The third kappa shape index (κ3) is 2.78. The lowest BCUT2D eigenvalue weighted by molar-refractivity contribution is 0.0699. The lowest BCUT2D eigenvalue weighted by atomic mass is 10.2. The minimum absolute atomic E-state index is 0.133. The Hall–Kier alpha value is -2.08. The normalized spacial score (nSPS) is 10.3. The number of nitrogens with zero attached hydrogens (tertiary/aromatic N) is 1. The predicted molar refractivity (Wildman–Crippen MR) is 66.2 cm³/mol. The number of carboxylic acid groups (broad SMARTS) is 1. The van der Waals surface area contributed by atoms with Crippen molar-refractivity contribution in [1.29, 1.82) is 0 Å². The van der Waals surface area contributed by atoms with Gasteiger partial charge in [0, 0.05) is 0 Å². The maximum Gasteiger partial charge on any atom is 0.351 e. The van der Waals surface area contributed by atoms with Gasteiger partial charge in [0.05, 0.1) is 0 Å². The number of benzene rings is 1. The van der Waals surface area contributed by atoms with Crippen LogP contribution in [0.15, 0.2) is 24.3 Å². The summed E-state index contributed by atoms with van der Waals surface area (Å²) in [6, 6.07) is 7.47. The first-order valence-electron chi connectivity index (χ1n) is 5.17. The molecule has 94 valence electrons. The zero-order valence-corrected chi connectivity index (χ0v) is 10.4. The number of hydrogen-bond acceptors (Lipinski definition) is 5. The number of hydrogen-bond donors (Lipinski definition) is 2. The van der Waals surface area contributed by atoms with E-state index in [2.05, 4.69) is 4.98 Å². The highest BCUT2D eigenvalue weighted by Crippen LogP contribution is 2.25. The molecule has 1 aromatic carbocycles. The van der Waals surface area contributed by atoms with Crippen molar-refractivity contribution in [3.63, 3.8) is 0 Å². The molecule has 0 fully saturated rings. The number of rotatable bonds is 4. The van der Waals surface area contributed by atoms with Gasteiger partial charge in [-0.1, -0.05) is 17.7 Å². The van der Waals surface area contributed by atoms with Gasteiger partial charge in [-0.2, -0.15) is 0 Å². The molecule has 1 heterocycles. The van der Waals surface area contributed by atoms with Crippen molar-refractivity contribution in [1.82, 2.24) is 4.98 Å². The Morgan fingerprint density at radius 2 is 2.06 bits per heavy atom. The molecule has 0 unspecified atom stereocenters. The van der Waals surface area contributed by atoms with E-state index in [0.717, 1.165) is 16.9 Å². The first-order valence-corrected chi connectivity index (χ1v) is 5.99. The van der Waals surface area contributed by atoms with Crippen LogP contribution in [0.1, 0.15) is 20.2 Å². The first-order chi connectivity index (χ1) is 8.56. The summed E-state index contributed by atoms with van der Waals surface area (Å²) in [6.07, 6.45) is 0. The van der Waals surface area contributed by atoms with E-state index in [0.29, 0.717) is 10.8 Å². The van der Waals surface area contributed by atoms with Gasteiger partial charge >= 0.3 is 5.97 Å². The van der Waals surface area contributed by atoms with Crippen molar-refractivity contribution in [2.45, 2.75) is 13.5 Å². The van der Waals surface area contributed by atoms with Crippen LogP contribution in [0.2, 0.25) is 0 Å². The second kappa shape index (κ2) is 5.05. The lowest BCUT2D eigenvalue weighted by Crippen LogP contribution is -1.94. The van der Waals surface area contributed by atoms with Crippen molar-refractivity contribution in [3.05, 3.63) is 39.7 Å². The highest BCUT2D eigenvalue weighted by atomic mass is 32.1. The van der Waals surface area contributed by atoms with Crippen LogP contribution in [0.5, 0.6) is 11.6 Å². The number of aromatic carboxylic acids is 1. The number of carboxylic acids is 1. The van der Waals surface area contributed by atoms with E-state index in [9.17, 15) is 9.90 Å². The van der Waals surface area contributed by atoms with Gasteiger partial charge in [-0.15, -0.1) is 11.3 Å². The number of thiazole rings is 1. The number of carbonyl (C=O) groups is 1. The summed E-state index contributed by atoms with van der Waals surface area (Å²) in [5, 5.41) is 18.5. The topological polar surface area (TPSA) is 79.7 Å². The van der Waals surface area contributed by atoms with Gasteiger partial charge < -0.3 is 14.9 Å². The highest BCUT2D eigenvalue weighted by molar-refractivity contribution is 7.13. The summed E-state index contributed by atoms with van der Waals surface area (Å²) >= 11 is 0.904.